The molecule has 1 rings (SSSR count). The average molecular weight is 374 g/mol. The van der Waals surface area contributed by atoms with Crippen LogP contribution in [0.1, 0.15) is 68.3 Å². The molecule has 0 aliphatic heterocycles. The summed E-state index contributed by atoms with van der Waals surface area (Å²) < 4.78 is 5.42. The number of carboxylic acid groups (broad SMARTS) is 1. The van der Waals surface area contributed by atoms with Crippen LogP contribution in [0.3, 0.4) is 0 Å². The first-order chi connectivity index (χ1) is 12.8. The lowest BCUT2D eigenvalue weighted by atomic mass is 9.90. The molecule has 0 aliphatic carbocycles. The molecule has 148 valence electrons. The summed E-state index contributed by atoms with van der Waals surface area (Å²) in [5, 5.41) is 8.83. The highest BCUT2D eigenvalue weighted by Gasteiger charge is 2.28. The third kappa shape index (κ3) is 7.77. The number of carbonyl (C=O) groups excluding carboxylic acids is 2. The van der Waals surface area contributed by atoms with Gasteiger partial charge in [-0.25, -0.2) is 4.79 Å². The second-order valence-electron chi connectivity index (χ2n) is 6.95. The van der Waals surface area contributed by atoms with Crippen molar-refractivity contribution in [3.63, 3.8) is 0 Å². The number of ketones is 1. The zero-order valence-electron chi connectivity index (χ0n) is 16.5. The quantitative estimate of drug-likeness (QED) is 0.325. The van der Waals surface area contributed by atoms with E-state index in [2.05, 4.69) is 20.4 Å². The summed E-state index contributed by atoms with van der Waals surface area (Å²) in [5.74, 6) is -1.99. The van der Waals surface area contributed by atoms with Crippen molar-refractivity contribution in [2.24, 2.45) is 5.92 Å². The van der Waals surface area contributed by atoms with Gasteiger partial charge in [0.1, 0.15) is 0 Å². The number of Topliss-reactive ketones (excluding diaryl/α,β-unsaturated/α-hetero) is 1. The summed E-state index contributed by atoms with van der Waals surface area (Å²) in [6.07, 6.45) is 2.93. The van der Waals surface area contributed by atoms with Crippen LogP contribution in [0.25, 0.3) is 0 Å². The molecule has 0 fully saturated rings. The molecule has 2 unspecified atom stereocenters. The number of hydrogen-bond acceptors (Lipinski definition) is 4. The van der Waals surface area contributed by atoms with Crippen LogP contribution < -0.4 is 0 Å². The maximum absolute atomic E-state index is 12.9. The summed E-state index contributed by atoms with van der Waals surface area (Å²) >= 11 is 0. The van der Waals surface area contributed by atoms with Gasteiger partial charge in [0.2, 0.25) is 5.78 Å². The van der Waals surface area contributed by atoms with E-state index >= 15 is 0 Å². The van der Waals surface area contributed by atoms with Crippen LogP contribution in [0.5, 0.6) is 0 Å². The maximum atomic E-state index is 12.9. The zero-order valence-corrected chi connectivity index (χ0v) is 16.5. The molecule has 0 aromatic heterocycles. The van der Waals surface area contributed by atoms with Crippen LogP contribution >= 0.6 is 0 Å². The number of unbranched alkanes of at least 4 members (excludes halogenated alkanes) is 1. The van der Waals surface area contributed by atoms with Gasteiger partial charge in [0.25, 0.3) is 0 Å². The minimum atomic E-state index is -1.16. The fourth-order valence-corrected chi connectivity index (χ4v) is 2.86. The number of carboxylic acids is 1. The zero-order chi connectivity index (χ0) is 20.4. The van der Waals surface area contributed by atoms with Gasteiger partial charge in [-0.1, -0.05) is 75.9 Å². The van der Waals surface area contributed by atoms with Gasteiger partial charge in [0, 0.05) is 11.1 Å². The number of hydrogen-bond donors (Lipinski definition) is 1. The molecule has 0 saturated heterocycles. The molecule has 0 aliphatic rings. The standard InChI is InChI=1S/C22H30O5/c1-5-7-8-17(6-2)14-19(27-22(26)16(4)13-20(23)24)21(25)18-11-9-15(3)10-12-18/h9-12,17,19H,4-8,13-14H2,1-3H3,(H,23,24). The van der Waals surface area contributed by atoms with E-state index in [-0.39, 0.29) is 17.3 Å². The van der Waals surface area contributed by atoms with Gasteiger partial charge in [0.05, 0.1) is 6.42 Å². The highest BCUT2D eigenvalue weighted by Crippen LogP contribution is 2.23. The Morgan fingerprint density at radius 2 is 1.78 bits per heavy atom. The molecular formula is C22H30O5. The molecule has 0 spiro atoms. The Morgan fingerprint density at radius 3 is 2.30 bits per heavy atom. The van der Waals surface area contributed by atoms with Gasteiger partial charge in [-0.15, -0.1) is 0 Å². The highest BCUT2D eigenvalue weighted by atomic mass is 16.5. The minimum absolute atomic E-state index is 0.161. The van der Waals surface area contributed by atoms with Gasteiger partial charge in [0.15, 0.2) is 6.10 Å². The number of aryl methyl sites for hydroxylation is 1. The number of rotatable bonds is 12. The van der Waals surface area contributed by atoms with Crippen LogP contribution in [-0.4, -0.2) is 28.9 Å². The van der Waals surface area contributed by atoms with E-state index in [0.717, 1.165) is 31.2 Å². The summed E-state index contributed by atoms with van der Waals surface area (Å²) in [5.41, 5.74) is 1.35. The Morgan fingerprint density at radius 1 is 1.15 bits per heavy atom. The first-order valence-corrected chi connectivity index (χ1v) is 9.49. The third-order valence-corrected chi connectivity index (χ3v) is 4.62. The van der Waals surface area contributed by atoms with Crippen LogP contribution in [0.2, 0.25) is 0 Å². The topological polar surface area (TPSA) is 80.7 Å². The first kappa shape index (κ1) is 22.6. The highest BCUT2D eigenvalue weighted by molar-refractivity contribution is 6.02. The number of carbonyl (C=O) groups is 3. The van der Waals surface area contributed by atoms with Gasteiger partial charge in [-0.05, 0) is 19.3 Å². The minimum Gasteiger partial charge on any atom is -0.481 e. The van der Waals surface area contributed by atoms with Crippen LogP contribution in [0, 0.1) is 12.8 Å². The first-order valence-electron chi connectivity index (χ1n) is 9.49. The van der Waals surface area contributed by atoms with Gasteiger partial charge in [-0.3, -0.25) is 9.59 Å². The molecule has 0 heterocycles. The van der Waals surface area contributed by atoms with E-state index in [1.165, 1.54) is 0 Å². The van der Waals surface area contributed by atoms with Crippen molar-refractivity contribution in [1.82, 2.24) is 0 Å². The molecule has 1 aromatic carbocycles. The average Bonchev–Trinajstić information content (AvgIpc) is 2.63. The third-order valence-electron chi connectivity index (χ3n) is 4.62. The Hall–Kier alpha value is -2.43. The SMILES string of the molecule is C=C(CC(=O)O)C(=O)OC(CC(CC)CCCC)C(=O)c1ccc(C)cc1. The van der Waals surface area contributed by atoms with Gasteiger partial charge >= 0.3 is 11.9 Å². The van der Waals surface area contributed by atoms with Crippen molar-refractivity contribution >= 4 is 17.7 Å². The number of aliphatic carboxylic acids is 1. The summed E-state index contributed by atoms with van der Waals surface area (Å²) in [6, 6.07) is 7.11. The molecule has 0 amide bonds. The lowest BCUT2D eigenvalue weighted by Gasteiger charge is -2.22. The fourth-order valence-electron chi connectivity index (χ4n) is 2.86. The molecule has 2 atom stereocenters. The lowest BCUT2D eigenvalue weighted by Crippen LogP contribution is -2.30. The number of ether oxygens (including phenoxy) is 1. The van der Waals surface area contributed by atoms with Crippen molar-refractivity contribution in [2.75, 3.05) is 0 Å². The van der Waals surface area contributed by atoms with E-state index in [4.69, 9.17) is 9.84 Å². The summed E-state index contributed by atoms with van der Waals surface area (Å²) in [7, 11) is 0. The molecule has 5 nitrogen and oxygen atoms in total. The molecule has 0 saturated carbocycles. The predicted octanol–water partition coefficient (Wildman–Crippen LogP) is 4.73. The summed E-state index contributed by atoms with van der Waals surface area (Å²) in [6.45, 7) is 9.57. The Labute approximate surface area is 161 Å². The van der Waals surface area contributed by atoms with E-state index in [9.17, 15) is 14.4 Å². The van der Waals surface area contributed by atoms with E-state index in [0.29, 0.717) is 12.0 Å². The van der Waals surface area contributed by atoms with Gasteiger partial charge in [-0.2, -0.15) is 0 Å². The van der Waals surface area contributed by atoms with Crippen LogP contribution in [0.4, 0.5) is 0 Å². The summed E-state index contributed by atoms with van der Waals surface area (Å²) in [4.78, 5) is 36.0. The molecular weight excluding hydrogens is 344 g/mol. The van der Waals surface area contributed by atoms with E-state index in [1.54, 1.807) is 12.1 Å². The smallest absolute Gasteiger partial charge is 0.334 e. The molecule has 0 radical (unpaired) electrons. The van der Waals surface area contributed by atoms with Gasteiger partial charge < -0.3 is 9.84 Å². The molecule has 5 heteroatoms. The number of benzene rings is 1. The largest absolute Gasteiger partial charge is 0.481 e. The molecule has 1 aromatic rings. The second kappa shape index (κ2) is 11.3. The van der Waals surface area contributed by atoms with Crippen molar-refractivity contribution in [3.05, 3.63) is 47.5 Å². The monoisotopic (exact) mass is 374 g/mol. The lowest BCUT2D eigenvalue weighted by molar-refractivity contribution is -0.145. The van der Waals surface area contributed by atoms with Crippen molar-refractivity contribution in [1.29, 1.82) is 0 Å². The molecule has 1 N–H and O–H groups in total. The van der Waals surface area contributed by atoms with Crippen LogP contribution in [-0.2, 0) is 14.3 Å². The Kier molecular flexibility index (Phi) is 9.48. The van der Waals surface area contributed by atoms with E-state index in [1.807, 2.05) is 19.1 Å². The van der Waals surface area contributed by atoms with Crippen molar-refractivity contribution in [3.8, 4) is 0 Å². The molecule has 0 bridgehead atoms. The number of esters is 1. The normalized spacial score (nSPS) is 12.9. The Balaban J connectivity index is 2.98. The van der Waals surface area contributed by atoms with Crippen molar-refractivity contribution in [2.45, 2.75) is 65.4 Å². The second-order valence-corrected chi connectivity index (χ2v) is 6.95. The fraction of sp³-hybridized carbons (Fsp3) is 0.500. The van der Waals surface area contributed by atoms with E-state index < -0.39 is 24.5 Å². The van der Waals surface area contributed by atoms with Crippen molar-refractivity contribution < 1.29 is 24.2 Å². The molecule has 27 heavy (non-hydrogen) atoms. The van der Waals surface area contributed by atoms with Crippen LogP contribution in [0.15, 0.2) is 36.4 Å². The maximum Gasteiger partial charge on any atom is 0.334 e. The predicted molar refractivity (Wildman–Crippen MR) is 105 cm³/mol. The Bertz CT molecular complexity index is 660.